The van der Waals surface area contributed by atoms with Crippen LogP contribution in [-0.4, -0.2) is 147 Å². The number of likely N-dealkylation sites (N-methyl/N-ethyl adjacent to an activating group) is 1. The first kappa shape index (κ1) is 47.5. The Morgan fingerprint density at radius 1 is 1.09 bits per heavy atom. The Morgan fingerprint density at radius 2 is 1.83 bits per heavy atom. The summed E-state index contributed by atoms with van der Waals surface area (Å²) >= 11 is 1.39. The number of methoxy groups -OCH3 is 1. The second kappa shape index (κ2) is 20.0. The third-order valence-electron chi connectivity index (χ3n) is 12.8. The van der Waals surface area contributed by atoms with Gasteiger partial charge in [-0.05, 0) is 68.9 Å². The Balaban J connectivity index is 1.25. The van der Waals surface area contributed by atoms with E-state index in [1.807, 2.05) is 32.2 Å². The lowest BCUT2D eigenvalue weighted by molar-refractivity contribution is -0.155. The van der Waals surface area contributed by atoms with Crippen molar-refractivity contribution in [2.24, 2.45) is 11.3 Å². The van der Waals surface area contributed by atoms with E-state index < -0.39 is 53.8 Å². The standard InChI is InChI=1S/C47H63N9O8S/c1-9-55-37-15-14-30-22-32(37)33(42(55)31-12-10-16-48-40(31)29(4)63-8)24-47(5,6)27-64-45(61)34-13-11-17-56(51-34)44(60)35(23-38-49-36(30)26-65-38)50-43(59)41(28(2)3)52(7)46(62)54-20-18-53(19-21-54)39(58)25-57/h10,12,14-16,22,26,28-29,34-35,41,51,57H,9,11,13,17-21,23-25,27H2,1-8H3,(H,50,59)/t29-,34-,35-,41?/m0/s1. The van der Waals surface area contributed by atoms with E-state index in [1.54, 1.807) is 25.3 Å². The topological polar surface area (TPSA) is 192 Å². The molecular formula is C47H63N9O8S. The molecule has 0 aliphatic carbocycles. The number of aliphatic hydroxyl groups excluding tert-OH is 1. The molecule has 0 radical (unpaired) electrons. The van der Waals surface area contributed by atoms with Crippen LogP contribution in [0.3, 0.4) is 0 Å². The van der Waals surface area contributed by atoms with E-state index in [4.69, 9.17) is 19.4 Å². The third-order valence-corrected chi connectivity index (χ3v) is 13.7. The number of carbonyl (C=O) groups is 5. The van der Waals surface area contributed by atoms with Crippen molar-refractivity contribution < 1.29 is 38.6 Å². The van der Waals surface area contributed by atoms with E-state index >= 15 is 0 Å². The first-order valence-corrected chi connectivity index (χ1v) is 23.5. The van der Waals surface area contributed by atoms with E-state index in [9.17, 15) is 29.1 Å². The fourth-order valence-electron chi connectivity index (χ4n) is 9.34. The van der Waals surface area contributed by atoms with E-state index in [0.29, 0.717) is 37.4 Å². The molecule has 5 amide bonds. The monoisotopic (exact) mass is 913 g/mol. The second-order valence-corrected chi connectivity index (χ2v) is 19.3. The van der Waals surface area contributed by atoms with Crippen LogP contribution < -0.4 is 10.7 Å². The number of carbonyl (C=O) groups excluding carboxylic acids is 5. The number of hydrogen-bond acceptors (Lipinski definition) is 12. The lowest BCUT2D eigenvalue weighted by Crippen LogP contribution is -2.63. The van der Waals surface area contributed by atoms with Crippen molar-refractivity contribution in [1.82, 2.24) is 45.0 Å². The fraction of sp³-hybridized carbons (Fsp3) is 0.553. The van der Waals surface area contributed by atoms with Crippen molar-refractivity contribution in [3.8, 4) is 22.5 Å². The summed E-state index contributed by atoms with van der Waals surface area (Å²) in [4.78, 5) is 83.1. The first-order chi connectivity index (χ1) is 31.0. The number of piperazine rings is 1. The number of nitrogens with zero attached hydrogens (tertiary/aromatic N) is 7. The largest absolute Gasteiger partial charge is 0.464 e. The Hall–Kier alpha value is -5.43. The number of aromatic nitrogens is 3. The van der Waals surface area contributed by atoms with Gasteiger partial charge in [0.25, 0.3) is 5.91 Å². The number of rotatable bonds is 9. The quantitative estimate of drug-likeness (QED) is 0.202. The number of urea groups is 1. The van der Waals surface area contributed by atoms with Gasteiger partial charge in [-0.25, -0.2) is 15.2 Å². The fourth-order valence-corrected chi connectivity index (χ4v) is 10.2. The van der Waals surface area contributed by atoms with E-state index in [1.165, 1.54) is 26.1 Å². The number of aliphatic hydroxyl groups is 1. The van der Waals surface area contributed by atoms with Crippen LogP contribution in [0.25, 0.3) is 33.4 Å². The molecule has 7 rings (SSSR count). The number of aryl methyl sites for hydroxylation is 1. The number of nitrogens with one attached hydrogen (secondary N) is 2. The Bertz CT molecular complexity index is 2410. The zero-order chi connectivity index (χ0) is 46.7. The van der Waals surface area contributed by atoms with Crippen molar-refractivity contribution in [1.29, 1.82) is 0 Å². The van der Waals surface area contributed by atoms with Crippen LogP contribution in [0.15, 0.2) is 41.9 Å². The van der Waals surface area contributed by atoms with Gasteiger partial charge >= 0.3 is 12.0 Å². The van der Waals surface area contributed by atoms with Gasteiger partial charge in [-0.1, -0.05) is 33.8 Å². The van der Waals surface area contributed by atoms with Crippen LogP contribution in [0.2, 0.25) is 0 Å². The summed E-state index contributed by atoms with van der Waals surface area (Å²) in [5.41, 5.74) is 9.19. The van der Waals surface area contributed by atoms with Gasteiger partial charge in [-0.15, -0.1) is 11.3 Å². The van der Waals surface area contributed by atoms with Crippen LogP contribution in [0.1, 0.15) is 76.8 Å². The van der Waals surface area contributed by atoms with Crippen LogP contribution in [0.5, 0.6) is 0 Å². The predicted octanol–water partition coefficient (Wildman–Crippen LogP) is 4.42. The Morgan fingerprint density at radius 3 is 2.52 bits per heavy atom. The van der Waals surface area contributed by atoms with E-state index in [0.717, 1.165) is 44.7 Å². The molecule has 0 saturated carbocycles. The molecule has 6 heterocycles. The summed E-state index contributed by atoms with van der Waals surface area (Å²) < 4.78 is 14.2. The SMILES string of the molecule is CCn1c(-c2cccnc2[C@H](C)OC)c2c3cc(ccc31)-c1csc(n1)C[C@H](NC(=O)C(C(C)C)N(C)C(=O)N1CCN(C(=O)CO)CC1)C(=O)N1CCC[C@H](N1)C(=O)OCC(C)(C)C2. The molecule has 17 nitrogen and oxygen atoms in total. The number of ether oxygens (including phenoxy) is 2. The number of benzene rings is 1. The van der Waals surface area contributed by atoms with Gasteiger partial charge in [0.15, 0.2) is 0 Å². The van der Waals surface area contributed by atoms with Gasteiger partial charge in [-0.3, -0.25) is 29.2 Å². The molecule has 3 aliphatic heterocycles. The number of cyclic esters (lactones) is 1. The highest BCUT2D eigenvalue weighted by Crippen LogP contribution is 2.42. The molecule has 3 aliphatic rings. The number of hydrazine groups is 1. The minimum absolute atomic E-state index is 0.0609. The molecule has 2 fully saturated rings. The predicted molar refractivity (Wildman–Crippen MR) is 246 cm³/mol. The van der Waals surface area contributed by atoms with E-state index in [-0.39, 0.29) is 57.3 Å². The molecular weight excluding hydrogens is 851 g/mol. The van der Waals surface area contributed by atoms with Gasteiger partial charge in [0.05, 0.1) is 34.8 Å². The minimum atomic E-state index is -1.10. The zero-order valence-corrected chi connectivity index (χ0v) is 39.6. The first-order valence-electron chi connectivity index (χ1n) is 22.6. The molecule has 1 unspecified atom stereocenters. The van der Waals surface area contributed by atoms with Gasteiger partial charge in [0.2, 0.25) is 11.8 Å². The highest BCUT2D eigenvalue weighted by Gasteiger charge is 2.39. The number of esters is 1. The molecule has 2 saturated heterocycles. The van der Waals surface area contributed by atoms with Gasteiger partial charge in [0, 0.05) is 98.9 Å². The summed E-state index contributed by atoms with van der Waals surface area (Å²) in [6, 6.07) is 7.14. The maximum atomic E-state index is 14.6. The molecule has 65 heavy (non-hydrogen) atoms. The smallest absolute Gasteiger partial charge is 0.324 e. The van der Waals surface area contributed by atoms with Gasteiger partial charge in [0.1, 0.15) is 24.7 Å². The highest BCUT2D eigenvalue weighted by molar-refractivity contribution is 7.10. The zero-order valence-electron chi connectivity index (χ0n) is 38.8. The summed E-state index contributed by atoms with van der Waals surface area (Å²) in [6.07, 6.45) is 3.14. The number of pyridine rings is 1. The normalized spacial score (nSPS) is 20.3. The van der Waals surface area contributed by atoms with E-state index in [2.05, 4.69) is 60.3 Å². The van der Waals surface area contributed by atoms with Crippen LogP contribution >= 0.6 is 11.3 Å². The van der Waals surface area contributed by atoms with Gasteiger partial charge in [-0.2, -0.15) is 0 Å². The Labute approximate surface area is 384 Å². The summed E-state index contributed by atoms with van der Waals surface area (Å²) in [7, 11) is 3.24. The van der Waals surface area contributed by atoms with Crippen molar-refractivity contribution >= 4 is 52.0 Å². The van der Waals surface area contributed by atoms with Crippen molar-refractivity contribution in [2.45, 2.75) is 98.0 Å². The average Bonchev–Trinajstić information content (AvgIpc) is 3.90. The number of hydrogen-bond donors (Lipinski definition) is 3. The highest BCUT2D eigenvalue weighted by atomic mass is 32.1. The maximum Gasteiger partial charge on any atom is 0.324 e. The second-order valence-electron chi connectivity index (χ2n) is 18.4. The molecule has 0 spiro atoms. The third kappa shape index (κ3) is 10.0. The van der Waals surface area contributed by atoms with Crippen molar-refractivity contribution in [2.75, 3.05) is 60.1 Å². The number of amides is 5. The van der Waals surface area contributed by atoms with Crippen LogP contribution in [0, 0.1) is 11.3 Å². The lowest BCUT2D eigenvalue weighted by atomic mass is 9.84. The van der Waals surface area contributed by atoms with Gasteiger partial charge < -0.3 is 39.2 Å². The average molecular weight is 914 g/mol. The molecule has 3 N–H and O–H groups in total. The van der Waals surface area contributed by atoms with Crippen LogP contribution in [0.4, 0.5) is 4.79 Å². The summed E-state index contributed by atoms with van der Waals surface area (Å²) in [5.74, 6) is -2.16. The Kier molecular flexibility index (Phi) is 14.6. The number of fused-ring (bicyclic) bond motifs is 6. The minimum Gasteiger partial charge on any atom is -0.464 e. The maximum absolute atomic E-state index is 14.6. The van der Waals surface area contributed by atoms with Crippen molar-refractivity contribution in [3.05, 3.63) is 58.2 Å². The molecule has 4 atom stereocenters. The summed E-state index contributed by atoms with van der Waals surface area (Å²) in [6.45, 7) is 13.5. The number of thiazole rings is 1. The molecule has 1 aromatic carbocycles. The molecule has 18 heteroatoms. The molecule has 6 bridgehead atoms. The molecule has 3 aromatic heterocycles. The molecule has 350 valence electrons. The van der Waals surface area contributed by atoms with Crippen molar-refractivity contribution in [3.63, 3.8) is 0 Å². The van der Waals surface area contributed by atoms with Crippen LogP contribution in [-0.2, 0) is 48.0 Å². The summed E-state index contributed by atoms with van der Waals surface area (Å²) in [5, 5.41) is 17.3. The lowest BCUT2D eigenvalue weighted by Gasteiger charge is -2.39. The molecule has 4 aromatic rings.